The summed E-state index contributed by atoms with van der Waals surface area (Å²) in [7, 11) is 0. The molecule has 0 saturated carbocycles. The lowest BCUT2D eigenvalue weighted by Gasteiger charge is -2.19. The average molecular weight is 377 g/mol. The third-order valence-corrected chi connectivity index (χ3v) is 4.36. The van der Waals surface area contributed by atoms with Crippen LogP contribution in [0.3, 0.4) is 0 Å². The van der Waals surface area contributed by atoms with Crippen molar-refractivity contribution in [3.63, 3.8) is 0 Å². The zero-order chi connectivity index (χ0) is 13.9. The maximum atomic E-state index is 9.63. The predicted molar refractivity (Wildman–Crippen MR) is 90.0 cm³/mol. The topological polar surface area (TPSA) is 32.3 Å². The first-order valence-electron chi connectivity index (χ1n) is 6.68. The molecule has 1 aliphatic rings. The normalized spacial score (nSPS) is 21.4. The fraction of sp³-hybridized carbons (Fsp3) is 0.176. The third kappa shape index (κ3) is 2.74. The summed E-state index contributed by atoms with van der Waals surface area (Å²) < 4.78 is 1.22. The lowest BCUT2D eigenvalue weighted by atomic mass is 9.96. The molecule has 2 aromatic carbocycles. The van der Waals surface area contributed by atoms with Gasteiger partial charge in [0.25, 0.3) is 0 Å². The van der Waals surface area contributed by atoms with E-state index >= 15 is 0 Å². The van der Waals surface area contributed by atoms with Gasteiger partial charge in [-0.05, 0) is 45.9 Å². The van der Waals surface area contributed by atoms with Crippen LogP contribution in [-0.4, -0.2) is 11.7 Å². The molecule has 0 unspecified atom stereocenters. The fourth-order valence-electron chi connectivity index (χ4n) is 2.59. The Hall–Kier alpha value is -1.33. The number of benzene rings is 2. The first-order valence-corrected chi connectivity index (χ1v) is 7.76. The summed E-state index contributed by atoms with van der Waals surface area (Å²) in [5, 5.41) is 13.2. The molecule has 2 N–H and O–H groups in total. The molecule has 2 atom stereocenters. The summed E-state index contributed by atoms with van der Waals surface area (Å²) in [6.07, 6.45) is 2.14. The van der Waals surface area contributed by atoms with E-state index in [-0.39, 0.29) is 18.6 Å². The van der Waals surface area contributed by atoms with Crippen molar-refractivity contribution in [2.45, 2.75) is 6.04 Å². The van der Waals surface area contributed by atoms with Crippen LogP contribution in [0.25, 0.3) is 5.70 Å². The molecule has 1 aliphatic heterocycles. The summed E-state index contributed by atoms with van der Waals surface area (Å²) in [6, 6.07) is 18.9. The lowest BCUT2D eigenvalue weighted by Crippen LogP contribution is -2.21. The number of aliphatic hydroxyl groups excluding tert-OH is 1. The largest absolute Gasteiger partial charge is 0.396 e. The number of hydrogen-bond acceptors (Lipinski definition) is 2. The van der Waals surface area contributed by atoms with Crippen LogP contribution in [0.5, 0.6) is 0 Å². The van der Waals surface area contributed by atoms with Crippen LogP contribution in [0.2, 0.25) is 0 Å². The van der Waals surface area contributed by atoms with E-state index in [2.05, 4.69) is 70.4 Å². The van der Waals surface area contributed by atoms with Gasteiger partial charge in [-0.2, -0.15) is 0 Å². The quantitative estimate of drug-likeness (QED) is 0.802. The number of halogens is 1. The Labute approximate surface area is 132 Å². The summed E-state index contributed by atoms with van der Waals surface area (Å²) in [6.45, 7) is 0.153. The molecule has 0 bridgehead atoms. The van der Waals surface area contributed by atoms with E-state index in [1.165, 1.54) is 14.7 Å². The smallest absolute Gasteiger partial charge is 0.0599 e. The molecule has 1 heterocycles. The van der Waals surface area contributed by atoms with E-state index in [0.717, 1.165) is 5.70 Å². The summed E-state index contributed by atoms with van der Waals surface area (Å²) >= 11 is 2.30. The molecule has 0 fully saturated rings. The molecule has 0 aromatic heterocycles. The van der Waals surface area contributed by atoms with Gasteiger partial charge in [-0.1, -0.05) is 48.5 Å². The zero-order valence-electron chi connectivity index (χ0n) is 11.0. The number of hydrogen-bond donors (Lipinski definition) is 2. The second-order valence-corrected chi connectivity index (χ2v) is 6.21. The Morgan fingerprint density at radius 3 is 2.35 bits per heavy atom. The Balaban J connectivity index is 1.87. The highest BCUT2D eigenvalue weighted by Crippen LogP contribution is 2.33. The highest BCUT2D eigenvalue weighted by atomic mass is 127. The summed E-state index contributed by atoms with van der Waals surface area (Å²) in [5.41, 5.74) is 3.49. The monoisotopic (exact) mass is 377 g/mol. The second kappa shape index (κ2) is 5.97. The van der Waals surface area contributed by atoms with Gasteiger partial charge in [-0.15, -0.1) is 0 Å². The van der Waals surface area contributed by atoms with Gasteiger partial charge in [0, 0.05) is 15.2 Å². The molecule has 0 aliphatic carbocycles. The highest BCUT2D eigenvalue weighted by molar-refractivity contribution is 14.1. The van der Waals surface area contributed by atoms with Gasteiger partial charge in [0.2, 0.25) is 0 Å². The fourth-order valence-corrected chi connectivity index (χ4v) is 2.95. The van der Waals surface area contributed by atoms with Crippen molar-refractivity contribution >= 4 is 28.3 Å². The Morgan fingerprint density at radius 2 is 1.70 bits per heavy atom. The Kier molecular flexibility index (Phi) is 4.08. The maximum Gasteiger partial charge on any atom is 0.0599 e. The van der Waals surface area contributed by atoms with Crippen molar-refractivity contribution in [1.29, 1.82) is 0 Å². The van der Waals surface area contributed by atoms with Gasteiger partial charge in [0.1, 0.15) is 0 Å². The van der Waals surface area contributed by atoms with Crippen molar-refractivity contribution in [2.24, 2.45) is 5.92 Å². The predicted octanol–water partition coefficient (Wildman–Crippen LogP) is 3.59. The molecule has 0 amide bonds. The van der Waals surface area contributed by atoms with Crippen LogP contribution in [0.4, 0.5) is 0 Å². The first-order chi connectivity index (χ1) is 9.78. The van der Waals surface area contributed by atoms with E-state index in [4.69, 9.17) is 0 Å². The van der Waals surface area contributed by atoms with Crippen LogP contribution in [0.1, 0.15) is 17.2 Å². The number of aliphatic hydroxyl groups is 1. The average Bonchev–Trinajstić information content (AvgIpc) is 2.93. The van der Waals surface area contributed by atoms with Crippen LogP contribution in [0, 0.1) is 9.49 Å². The van der Waals surface area contributed by atoms with E-state index in [9.17, 15) is 5.11 Å². The Bertz CT molecular complexity index is 607. The Morgan fingerprint density at radius 1 is 1.00 bits per heavy atom. The van der Waals surface area contributed by atoms with Gasteiger partial charge in [0.05, 0.1) is 12.6 Å². The van der Waals surface area contributed by atoms with Gasteiger partial charge in [0.15, 0.2) is 0 Å². The molecule has 102 valence electrons. The SMILES string of the molecule is OC[C@@H]1C=C(c2ccccc2)N[C@H]1c1ccc(I)cc1. The van der Waals surface area contributed by atoms with E-state index in [1.807, 2.05) is 18.2 Å². The van der Waals surface area contributed by atoms with Gasteiger partial charge < -0.3 is 10.4 Å². The van der Waals surface area contributed by atoms with E-state index < -0.39 is 0 Å². The molecule has 0 radical (unpaired) electrons. The number of rotatable bonds is 3. The standard InChI is InChI=1S/C17H16INO/c18-15-8-6-13(7-9-15)17-14(11-20)10-16(19-17)12-4-2-1-3-5-12/h1-10,14,17,19-20H,11H2/t14-,17-/m0/s1. The molecule has 2 aromatic rings. The minimum atomic E-state index is 0.116. The van der Waals surface area contributed by atoms with Gasteiger partial charge in [-0.3, -0.25) is 0 Å². The molecule has 3 heteroatoms. The van der Waals surface area contributed by atoms with Gasteiger partial charge in [-0.25, -0.2) is 0 Å². The minimum absolute atomic E-state index is 0.116. The lowest BCUT2D eigenvalue weighted by molar-refractivity contribution is 0.234. The van der Waals surface area contributed by atoms with Crippen LogP contribution < -0.4 is 5.32 Å². The molecule has 0 spiro atoms. The summed E-state index contributed by atoms with van der Waals surface area (Å²) in [5.74, 6) is 0.116. The zero-order valence-corrected chi connectivity index (χ0v) is 13.1. The number of nitrogens with one attached hydrogen (secondary N) is 1. The summed E-state index contributed by atoms with van der Waals surface area (Å²) in [4.78, 5) is 0. The highest BCUT2D eigenvalue weighted by Gasteiger charge is 2.28. The molecule has 20 heavy (non-hydrogen) atoms. The van der Waals surface area contributed by atoms with Crippen molar-refractivity contribution < 1.29 is 5.11 Å². The van der Waals surface area contributed by atoms with Crippen molar-refractivity contribution in [2.75, 3.05) is 6.61 Å². The third-order valence-electron chi connectivity index (χ3n) is 3.64. The van der Waals surface area contributed by atoms with E-state index in [1.54, 1.807) is 0 Å². The second-order valence-electron chi connectivity index (χ2n) is 4.97. The van der Waals surface area contributed by atoms with Crippen LogP contribution >= 0.6 is 22.6 Å². The molecular formula is C17H16INO. The molecule has 2 nitrogen and oxygen atoms in total. The van der Waals surface area contributed by atoms with Crippen LogP contribution in [0.15, 0.2) is 60.7 Å². The van der Waals surface area contributed by atoms with Crippen molar-refractivity contribution in [3.8, 4) is 0 Å². The van der Waals surface area contributed by atoms with Crippen molar-refractivity contribution in [1.82, 2.24) is 5.32 Å². The first kappa shape index (κ1) is 13.6. The van der Waals surface area contributed by atoms with Gasteiger partial charge >= 0.3 is 0 Å². The molecular weight excluding hydrogens is 361 g/mol. The molecule has 0 saturated heterocycles. The maximum absolute atomic E-state index is 9.63. The van der Waals surface area contributed by atoms with Crippen LogP contribution in [-0.2, 0) is 0 Å². The van der Waals surface area contributed by atoms with Crippen molar-refractivity contribution in [3.05, 3.63) is 75.4 Å². The minimum Gasteiger partial charge on any atom is -0.396 e. The van der Waals surface area contributed by atoms with E-state index in [0.29, 0.717) is 0 Å². The molecule has 3 rings (SSSR count).